The third-order valence-electron chi connectivity index (χ3n) is 7.01. The van der Waals surface area contributed by atoms with E-state index in [1.165, 1.54) is 29.2 Å². The molecule has 0 saturated heterocycles. The zero-order valence-corrected chi connectivity index (χ0v) is 24.1. The third-order valence-corrected chi connectivity index (χ3v) is 7.01. The molecule has 0 saturated carbocycles. The van der Waals surface area contributed by atoms with Gasteiger partial charge < -0.3 is 20.1 Å². The second-order valence-electron chi connectivity index (χ2n) is 10.9. The second-order valence-corrected chi connectivity index (χ2v) is 10.9. The number of nitrogens with one attached hydrogen (secondary N) is 2. The number of hydrogen-bond donors (Lipinski definition) is 2. The number of urea groups is 1. The first-order valence-corrected chi connectivity index (χ1v) is 13.9. The summed E-state index contributed by atoms with van der Waals surface area (Å²) in [5.74, 6) is -0.634. The Hall–Kier alpha value is -4.48. The maximum Gasteiger partial charge on any atom is 0.418 e. The Labute approximate surface area is 250 Å². The molecule has 6 nitrogen and oxygen atoms in total. The van der Waals surface area contributed by atoms with Crippen molar-refractivity contribution in [3.05, 3.63) is 101 Å². The molecule has 3 amide bonds. The van der Waals surface area contributed by atoms with Crippen LogP contribution in [0.2, 0.25) is 0 Å². The van der Waals surface area contributed by atoms with Crippen LogP contribution < -0.4 is 5.32 Å². The summed E-state index contributed by atoms with van der Waals surface area (Å²) < 4.78 is 79.9. The van der Waals surface area contributed by atoms with Crippen molar-refractivity contribution >= 4 is 28.5 Å². The number of amides is 3. The predicted octanol–water partition coefficient (Wildman–Crippen LogP) is 7.97. The van der Waals surface area contributed by atoms with Gasteiger partial charge in [0.15, 0.2) is 0 Å². The quantitative estimate of drug-likeness (QED) is 0.177. The summed E-state index contributed by atoms with van der Waals surface area (Å²) in [6, 6.07) is 15.7. The fourth-order valence-corrected chi connectivity index (χ4v) is 4.86. The van der Waals surface area contributed by atoms with Crippen molar-refractivity contribution in [1.82, 2.24) is 14.8 Å². The van der Waals surface area contributed by atoms with Crippen molar-refractivity contribution in [2.24, 2.45) is 5.92 Å². The standard InChI is InChI=1S/C32H32F6N4O2/c1-21(2)18-42(30(44)40-28-10-6-4-8-26(28)32(36,37)38)20-29(43)41(19-22-11-13-24(14-12-22)31(33,34)35)16-15-23-17-39-27-9-5-3-7-25(23)27/h3-14,17,21,39H,15-16,18-20H2,1-2H3,(H,40,44). The van der Waals surface area contributed by atoms with Crippen molar-refractivity contribution in [2.75, 3.05) is 25.0 Å². The first-order valence-electron chi connectivity index (χ1n) is 13.9. The number of H-pyrrole nitrogens is 1. The maximum atomic E-state index is 13.7. The number of anilines is 1. The molecule has 1 heterocycles. The molecule has 0 aliphatic heterocycles. The van der Waals surface area contributed by atoms with Gasteiger partial charge in [-0.15, -0.1) is 0 Å². The van der Waals surface area contributed by atoms with E-state index in [9.17, 15) is 35.9 Å². The van der Waals surface area contributed by atoms with E-state index in [4.69, 9.17) is 0 Å². The van der Waals surface area contributed by atoms with Gasteiger partial charge >= 0.3 is 18.4 Å². The normalized spacial score (nSPS) is 12.0. The highest BCUT2D eigenvalue weighted by atomic mass is 19.4. The zero-order chi connectivity index (χ0) is 32.1. The first-order chi connectivity index (χ1) is 20.7. The van der Waals surface area contributed by atoms with Crippen LogP contribution in [0.1, 0.15) is 36.1 Å². The Morgan fingerprint density at radius 2 is 1.50 bits per heavy atom. The number of alkyl halides is 6. The minimum Gasteiger partial charge on any atom is -0.361 e. The Kier molecular flexibility index (Phi) is 9.91. The Balaban J connectivity index is 1.57. The third kappa shape index (κ3) is 8.33. The smallest absolute Gasteiger partial charge is 0.361 e. The van der Waals surface area contributed by atoms with Crippen molar-refractivity contribution in [3.63, 3.8) is 0 Å². The molecule has 0 aliphatic carbocycles. The van der Waals surface area contributed by atoms with Gasteiger partial charge in [0, 0.05) is 36.7 Å². The van der Waals surface area contributed by atoms with Crippen LogP contribution in [0, 0.1) is 5.92 Å². The van der Waals surface area contributed by atoms with Gasteiger partial charge in [-0.05, 0) is 53.8 Å². The van der Waals surface area contributed by atoms with Crippen LogP contribution in [-0.4, -0.2) is 46.4 Å². The Morgan fingerprint density at radius 1 is 0.841 bits per heavy atom. The number of hydrogen-bond acceptors (Lipinski definition) is 2. The fraction of sp³-hybridized carbons (Fsp3) is 0.312. The maximum absolute atomic E-state index is 13.7. The Bertz CT molecular complexity index is 1580. The van der Waals surface area contributed by atoms with E-state index in [0.29, 0.717) is 12.0 Å². The minimum absolute atomic E-state index is 0.0344. The van der Waals surface area contributed by atoms with Gasteiger partial charge in [0.1, 0.15) is 6.54 Å². The largest absolute Gasteiger partial charge is 0.418 e. The number of para-hydroxylation sites is 2. The zero-order valence-electron chi connectivity index (χ0n) is 24.1. The Morgan fingerprint density at radius 3 is 2.16 bits per heavy atom. The highest BCUT2D eigenvalue weighted by molar-refractivity contribution is 5.93. The number of carbonyl (C=O) groups excluding carboxylic acids is 2. The second kappa shape index (κ2) is 13.4. The van der Waals surface area contributed by atoms with Gasteiger partial charge in [-0.25, -0.2) is 4.79 Å². The average Bonchev–Trinajstić information content (AvgIpc) is 3.37. The molecule has 4 rings (SSSR count). The molecule has 0 aliphatic rings. The number of carbonyl (C=O) groups is 2. The van der Waals surface area contributed by atoms with Crippen LogP contribution in [0.25, 0.3) is 10.9 Å². The molecule has 0 unspecified atom stereocenters. The van der Waals surface area contributed by atoms with E-state index in [1.54, 1.807) is 13.8 Å². The van der Waals surface area contributed by atoms with Crippen molar-refractivity contribution in [2.45, 2.75) is 39.2 Å². The molecule has 12 heteroatoms. The number of rotatable bonds is 10. The van der Waals surface area contributed by atoms with Crippen LogP contribution >= 0.6 is 0 Å². The molecule has 2 N–H and O–H groups in total. The topological polar surface area (TPSA) is 68.4 Å². The summed E-state index contributed by atoms with van der Waals surface area (Å²) in [7, 11) is 0. The number of halogens is 6. The summed E-state index contributed by atoms with van der Waals surface area (Å²) in [6.07, 6.45) is -6.99. The summed E-state index contributed by atoms with van der Waals surface area (Å²) in [6.45, 7) is 3.36. The molecule has 0 spiro atoms. The molecule has 44 heavy (non-hydrogen) atoms. The lowest BCUT2D eigenvalue weighted by molar-refractivity contribution is -0.138. The SMILES string of the molecule is CC(C)CN(CC(=O)N(CCc1c[nH]c2ccccc12)Cc1ccc(C(F)(F)F)cc1)C(=O)Nc1ccccc1C(F)(F)F. The molecule has 0 bridgehead atoms. The summed E-state index contributed by atoms with van der Waals surface area (Å²) in [5, 5.41) is 3.25. The molecule has 3 aromatic carbocycles. The molecular weight excluding hydrogens is 586 g/mol. The average molecular weight is 619 g/mol. The van der Waals surface area contributed by atoms with E-state index in [-0.39, 0.29) is 25.6 Å². The number of fused-ring (bicyclic) bond motifs is 1. The number of aromatic nitrogens is 1. The van der Waals surface area contributed by atoms with E-state index in [1.807, 2.05) is 30.5 Å². The van der Waals surface area contributed by atoms with Gasteiger partial charge in [-0.3, -0.25) is 4.79 Å². The highest BCUT2D eigenvalue weighted by Gasteiger charge is 2.34. The lowest BCUT2D eigenvalue weighted by Crippen LogP contribution is -2.46. The van der Waals surface area contributed by atoms with Crippen molar-refractivity contribution < 1.29 is 35.9 Å². The van der Waals surface area contributed by atoms with E-state index < -0.39 is 47.6 Å². The van der Waals surface area contributed by atoms with Gasteiger partial charge in [-0.1, -0.05) is 56.3 Å². The van der Waals surface area contributed by atoms with Crippen LogP contribution in [0.4, 0.5) is 36.8 Å². The molecule has 0 radical (unpaired) electrons. The van der Waals surface area contributed by atoms with Crippen LogP contribution in [-0.2, 0) is 30.1 Å². The monoisotopic (exact) mass is 618 g/mol. The number of aromatic amines is 1. The molecule has 1 aromatic heterocycles. The predicted molar refractivity (Wildman–Crippen MR) is 156 cm³/mol. The lowest BCUT2D eigenvalue weighted by atomic mass is 10.1. The first kappa shape index (κ1) is 32.4. The molecule has 0 atom stereocenters. The molecule has 4 aromatic rings. The molecular formula is C32H32F6N4O2. The highest BCUT2D eigenvalue weighted by Crippen LogP contribution is 2.35. The lowest BCUT2D eigenvalue weighted by Gasteiger charge is -2.29. The van der Waals surface area contributed by atoms with Gasteiger partial charge in [0.05, 0.1) is 16.8 Å². The molecule has 0 fully saturated rings. The van der Waals surface area contributed by atoms with Crippen molar-refractivity contribution in [1.29, 1.82) is 0 Å². The molecule has 234 valence electrons. The van der Waals surface area contributed by atoms with Gasteiger partial charge in [0.25, 0.3) is 0 Å². The van der Waals surface area contributed by atoms with E-state index in [0.717, 1.165) is 45.6 Å². The van der Waals surface area contributed by atoms with Crippen LogP contribution in [0.5, 0.6) is 0 Å². The number of benzene rings is 3. The van der Waals surface area contributed by atoms with Gasteiger partial charge in [-0.2, -0.15) is 26.3 Å². The summed E-state index contributed by atoms with van der Waals surface area (Å²) in [5.41, 5.74) is -0.00606. The van der Waals surface area contributed by atoms with Crippen LogP contribution in [0.15, 0.2) is 79.0 Å². The van der Waals surface area contributed by atoms with Crippen molar-refractivity contribution in [3.8, 4) is 0 Å². The fourth-order valence-electron chi connectivity index (χ4n) is 4.86. The summed E-state index contributed by atoms with van der Waals surface area (Å²) in [4.78, 5) is 32.7. The van der Waals surface area contributed by atoms with E-state index >= 15 is 0 Å². The van der Waals surface area contributed by atoms with Crippen LogP contribution in [0.3, 0.4) is 0 Å². The summed E-state index contributed by atoms with van der Waals surface area (Å²) >= 11 is 0. The van der Waals surface area contributed by atoms with E-state index in [2.05, 4.69) is 10.3 Å². The minimum atomic E-state index is -4.70. The van der Waals surface area contributed by atoms with Gasteiger partial charge in [0.2, 0.25) is 5.91 Å². The number of nitrogens with zero attached hydrogens (tertiary/aromatic N) is 2.